The van der Waals surface area contributed by atoms with Crippen molar-refractivity contribution in [3.8, 4) is 0 Å². The number of hydrogen-bond donors (Lipinski definition) is 1. The molecule has 2 atom stereocenters. The van der Waals surface area contributed by atoms with Crippen LogP contribution >= 0.6 is 11.3 Å². The van der Waals surface area contributed by atoms with Crippen molar-refractivity contribution in [2.45, 2.75) is 72.4 Å². The summed E-state index contributed by atoms with van der Waals surface area (Å²) in [5.41, 5.74) is 0.412. The first-order valence-corrected chi connectivity index (χ1v) is 8.49. The van der Waals surface area contributed by atoms with E-state index < -0.39 is 0 Å². The highest BCUT2D eigenvalue weighted by molar-refractivity contribution is 7.11. The van der Waals surface area contributed by atoms with Crippen LogP contribution in [0, 0.1) is 11.3 Å². The molecule has 108 valence electrons. The lowest BCUT2D eigenvalue weighted by Crippen LogP contribution is -2.43. The van der Waals surface area contributed by atoms with Crippen LogP contribution in [0.3, 0.4) is 0 Å². The van der Waals surface area contributed by atoms with Crippen LogP contribution < -0.4 is 5.32 Å². The highest BCUT2D eigenvalue weighted by Gasteiger charge is 2.33. The van der Waals surface area contributed by atoms with Crippen LogP contribution in [0.5, 0.6) is 0 Å². The third-order valence-electron chi connectivity index (χ3n) is 4.34. The Bertz CT molecular complexity index is 392. The maximum atomic E-state index is 4.51. The maximum absolute atomic E-state index is 4.51. The van der Waals surface area contributed by atoms with Gasteiger partial charge in [-0.15, -0.1) is 11.3 Å². The minimum atomic E-state index is 0.412. The van der Waals surface area contributed by atoms with Gasteiger partial charge in [0.25, 0.3) is 0 Å². The van der Waals surface area contributed by atoms with E-state index in [1.54, 1.807) is 0 Å². The van der Waals surface area contributed by atoms with Crippen molar-refractivity contribution in [3.63, 3.8) is 0 Å². The summed E-state index contributed by atoms with van der Waals surface area (Å²) in [6, 6.07) is 0.669. The van der Waals surface area contributed by atoms with Crippen molar-refractivity contribution < 1.29 is 0 Å². The molecule has 1 N–H and O–H groups in total. The second-order valence-electron chi connectivity index (χ2n) is 6.82. The molecule has 1 aromatic heterocycles. The van der Waals surface area contributed by atoms with Crippen LogP contribution in [0.1, 0.15) is 63.3 Å². The van der Waals surface area contributed by atoms with Gasteiger partial charge in [0.05, 0.1) is 0 Å². The molecule has 2 rings (SSSR count). The molecule has 2 nitrogen and oxygen atoms in total. The number of hydrogen-bond acceptors (Lipinski definition) is 3. The van der Waals surface area contributed by atoms with Crippen molar-refractivity contribution in [1.29, 1.82) is 0 Å². The molecule has 1 aromatic rings. The van der Waals surface area contributed by atoms with Gasteiger partial charge in [-0.3, -0.25) is 0 Å². The number of nitrogens with one attached hydrogen (secondary N) is 1. The van der Waals surface area contributed by atoms with Crippen LogP contribution in [0.15, 0.2) is 6.20 Å². The standard InChI is InChI=1S/C16H28N2S/c1-5-12-10-18-15(19-12)11-17-14-9-7-6-8-13(14)16(2,3)4/h10,13-14,17H,5-9,11H2,1-4H3. The molecule has 0 saturated heterocycles. The predicted octanol–water partition coefficient (Wildman–Crippen LogP) is 4.40. The van der Waals surface area contributed by atoms with Gasteiger partial charge < -0.3 is 5.32 Å². The zero-order valence-corrected chi connectivity index (χ0v) is 13.6. The van der Waals surface area contributed by atoms with Crippen LogP contribution in [-0.2, 0) is 13.0 Å². The summed E-state index contributed by atoms with van der Waals surface area (Å²) >= 11 is 1.86. The van der Waals surface area contributed by atoms with E-state index in [-0.39, 0.29) is 0 Å². The van der Waals surface area contributed by atoms with Gasteiger partial charge in [-0.2, -0.15) is 0 Å². The summed E-state index contributed by atoms with van der Waals surface area (Å²) in [5, 5.41) is 5.03. The van der Waals surface area contributed by atoms with Crippen molar-refractivity contribution in [3.05, 3.63) is 16.1 Å². The topological polar surface area (TPSA) is 24.9 Å². The van der Waals surface area contributed by atoms with Crippen LogP contribution in [0.2, 0.25) is 0 Å². The molecule has 1 aliphatic rings. The van der Waals surface area contributed by atoms with Crippen molar-refractivity contribution in [2.75, 3.05) is 0 Å². The van der Waals surface area contributed by atoms with Gasteiger partial charge in [0.2, 0.25) is 0 Å². The Morgan fingerprint density at radius 3 is 2.68 bits per heavy atom. The summed E-state index contributed by atoms with van der Waals surface area (Å²) in [6.07, 6.45) is 8.61. The number of rotatable bonds is 4. The lowest BCUT2D eigenvalue weighted by atomic mass is 9.69. The number of thiazole rings is 1. The fourth-order valence-corrected chi connectivity index (χ4v) is 4.04. The molecular formula is C16H28N2S. The molecule has 1 aliphatic carbocycles. The number of nitrogens with zero attached hydrogens (tertiary/aromatic N) is 1. The highest BCUT2D eigenvalue weighted by Crippen LogP contribution is 2.38. The van der Waals surface area contributed by atoms with E-state index in [1.807, 2.05) is 17.5 Å². The third-order valence-corrected chi connectivity index (χ3v) is 5.49. The van der Waals surface area contributed by atoms with Gasteiger partial charge in [-0.1, -0.05) is 40.5 Å². The maximum Gasteiger partial charge on any atom is 0.107 e. The zero-order valence-electron chi connectivity index (χ0n) is 12.8. The second kappa shape index (κ2) is 6.36. The van der Waals surface area contributed by atoms with Crippen LogP contribution in [-0.4, -0.2) is 11.0 Å². The molecule has 0 spiro atoms. The molecular weight excluding hydrogens is 252 g/mol. The first-order valence-electron chi connectivity index (χ1n) is 7.67. The fourth-order valence-electron chi connectivity index (χ4n) is 3.22. The molecule has 0 radical (unpaired) electrons. The van der Waals surface area contributed by atoms with E-state index in [4.69, 9.17) is 0 Å². The monoisotopic (exact) mass is 280 g/mol. The quantitative estimate of drug-likeness (QED) is 0.884. The Labute approximate surface area is 122 Å². The summed E-state index contributed by atoms with van der Waals surface area (Å²) in [7, 11) is 0. The van der Waals surface area contributed by atoms with Gasteiger partial charge in [0.15, 0.2) is 0 Å². The SMILES string of the molecule is CCc1cnc(CNC2CCCCC2C(C)(C)C)s1. The van der Waals surface area contributed by atoms with Gasteiger partial charge in [-0.25, -0.2) is 4.98 Å². The van der Waals surface area contributed by atoms with E-state index >= 15 is 0 Å². The summed E-state index contributed by atoms with van der Waals surface area (Å²) < 4.78 is 0. The van der Waals surface area contributed by atoms with E-state index in [9.17, 15) is 0 Å². The minimum absolute atomic E-state index is 0.412. The van der Waals surface area contributed by atoms with Gasteiger partial charge in [-0.05, 0) is 30.6 Å². The number of aryl methyl sites for hydroxylation is 1. The molecule has 1 saturated carbocycles. The molecule has 0 aliphatic heterocycles. The second-order valence-corrected chi connectivity index (χ2v) is 8.02. The zero-order chi connectivity index (χ0) is 13.9. The van der Waals surface area contributed by atoms with E-state index in [0.29, 0.717) is 11.5 Å². The minimum Gasteiger partial charge on any atom is -0.307 e. The third kappa shape index (κ3) is 4.03. The smallest absolute Gasteiger partial charge is 0.107 e. The summed E-state index contributed by atoms with van der Waals surface area (Å²) in [5.74, 6) is 0.798. The van der Waals surface area contributed by atoms with Gasteiger partial charge in [0.1, 0.15) is 5.01 Å². The number of aromatic nitrogens is 1. The average molecular weight is 280 g/mol. The Balaban J connectivity index is 1.92. The van der Waals surface area contributed by atoms with Crippen molar-refractivity contribution in [2.24, 2.45) is 11.3 Å². The molecule has 0 amide bonds. The molecule has 19 heavy (non-hydrogen) atoms. The first kappa shape index (κ1) is 15.0. The molecule has 0 aromatic carbocycles. The molecule has 3 heteroatoms. The predicted molar refractivity (Wildman–Crippen MR) is 83.5 cm³/mol. The first-order chi connectivity index (χ1) is 9.00. The molecule has 1 fully saturated rings. The van der Waals surface area contributed by atoms with Crippen LogP contribution in [0.4, 0.5) is 0 Å². The molecule has 2 unspecified atom stereocenters. The summed E-state index contributed by atoms with van der Waals surface area (Å²) in [4.78, 5) is 5.91. The van der Waals surface area contributed by atoms with Crippen LogP contribution in [0.25, 0.3) is 0 Å². The van der Waals surface area contributed by atoms with E-state index in [2.05, 4.69) is 38.0 Å². The largest absolute Gasteiger partial charge is 0.307 e. The summed E-state index contributed by atoms with van der Waals surface area (Å²) in [6.45, 7) is 10.3. The van der Waals surface area contributed by atoms with E-state index in [0.717, 1.165) is 18.9 Å². The highest BCUT2D eigenvalue weighted by atomic mass is 32.1. The Morgan fingerprint density at radius 1 is 1.32 bits per heavy atom. The van der Waals surface area contributed by atoms with Crippen molar-refractivity contribution >= 4 is 11.3 Å². The van der Waals surface area contributed by atoms with Crippen molar-refractivity contribution in [1.82, 2.24) is 10.3 Å². The van der Waals surface area contributed by atoms with Gasteiger partial charge >= 0.3 is 0 Å². The van der Waals surface area contributed by atoms with Gasteiger partial charge in [0, 0.05) is 23.7 Å². The fraction of sp³-hybridized carbons (Fsp3) is 0.812. The van der Waals surface area contributed by atoms with E-state index in [1.165, 1.54) is 35.6 Å². The Morgan fingerprint density at radius 2 is 2.05 bits per heavy atom. The lowest BCUT2D eigenvalue weighted by molar-refractivity contribution is 0.130. The molecule has 0 bridgehead atoms. The molecule has 1 heterocycles. The average Bonchev–Trinajstić information content (AvgIpc) is 2.83. The lowest BCUT2D eigenvalue weighted by Gasteiger charge is -2.41. The Hall–Kier alpha value is -0.410. The Kier molecular flexibility index (Phi) is 5.02. The normalized spacial score (nSPS) is 24.6.